The Kier molecular flexibility index (Phi) is 5.68. The molecular weight excluding hydrogens is 440 g/mol. The standard InChI is InChI=1S/C25H24N2O5S/c28-25(26-22-7-3-5-17-4-1-2-6-21(17)22)18-8-10-19(11-9-18)27-33(29,30)20-12-13-23-24(16-20)32-15-14-31-23/h1-2,4,6,8-13,16,22,27H,3,5,7,14-15H2,(H,26,28). The molecule has 1 aliphatic carbocycles. The fraction of sp³-hybridized carbons (Fsp3) is 0.240. The van der Waals surface area contributed by atoms with Crippen LogP contribution < -0.4 is 19.5 Å². The maximum atomic E-state index is 12.8. The van der Waals surface area contributed by atoms with Gasteiger partial charge in [-0.3, -0.25) is 9.52 Å². The minimum absolute atomic E-state index is 0.0177. The van der Waals surface area contributed by atoms with Crippen LogP contribution in [0, 0.1) is 0 Å². The number of sulfonamides is 1. The number of fused-ring (bicyclic) bond motifs is 2. The highest BCUT2D eigenvalue weighted by molar-refractivity contribution is 7.92. The van der Waals surface area contributed by atoms with Gasteiger partial charge in [0, 0.05) is 17.3 Å². The first-order valence-electron chi connectivity index (χ1n) is 10.9. The number of carbonyl (C=O) groups is 1. The molecule has 0 saturated heterocycles. The largest absolute Gasteiger partial charge is 0.486 e. The van der Waals surface area contributed by atoms with Crippen molar-refractivity contribution in [3.8, 4) is 11.5 Å². The van der Waals surface area contributed by atoms with Gasteiger partial charge in [0.2, 0.25) is 0 Å². The summed E-state index contributed by atoms with van der Waals surface area (Å²) in [6.07, 6.45) is 2.96. The van der Waals surface area contributed by atoms with Crippen molar-refractivity contribution in [2.24, 2.45) is 0 Å². The SMILES string of the molecule is O=C(NC1CCCc2ccccc21)c1ccc(NS(=O)(=O)c2ccc3c(c2)OCCO3)cc1. The molecule has 0 aromatic heterocycles. The van der Waals surface area contributed by atoms with E-state index in [9.17, 15) is 13.2 Å². The molecule has 8 heteroatoms. The maximum absolute atomic E-state index is 12.8. The first kappa shape index (κ1) is 21.3. The molecule has 0 radical (unpaired) electrons. The molecule has 1 aliphatic heterocycles. The van der Waals surface area contributed by atoms with Crippen molar-refractivity contribution in [2.45, 2.75) is 30.2 Å². The van der Waals surface area contributed by atoms with Gasteiger partial charge < -0.3 is 14.8 Å². The molecule has 0 saturated carbocycles. The molecule has 1 unspecified atom stereocenters. The summed E-state index contributed by atoms with van der Waals surface area (Å²) >= 11 is 0. The molecule has 2 N–H and O–H groups in total. The Labute approximate surface area is 192 Å². The average Bonchev–Trinajstić information content (AvgIpc) is 2.84. The van der Waals surface area contributed by atoms with Crippen molar-refractivity contribution in [3.63, 3.8) is 0 Å². The first-order chi connectivity index (χ1) is 16.0. The van der Waals surface area contributed by atoms with E-state index in [1.54, 1.807) is 30.3 Å². The summed E-state index contributed by atoms with van der Waals surface area (Å²) in [5.41, 5.74) is 3.28. The molecule has 0 spiro atoms. The molecule has 1 heterocycles. The van der Waals surface area contributed by atoms with Crippen LogP contribution in [0.5, 0.6) is 11.5 Å². The van der Waals surface area contributed by atoms with E-state index in [2.05, 4.69) is 22.2 Å². The number of nitrogens with one attached hydrogen (secondary N) is 2. The van der Waals surface area contributed by atoms with Crippen molar-refractivity contribution < 1.29 is 22.7 Å². The van der Waals surface area contributed by atoms with E-state index in [0.717, 1.165) is 19.3 Å². The second kappa shape index (κ2) is 8.78. The smallest absolute Gasteiger partial charge is 0.262 e. The Morgan fingerprint density at radius 2 is 1.67 bits per heavy atom. The van der Waals surface area contributed by atoms with E-state index in [4.69, 9.17) is 9.47 Å². The van der Waals surface area contributed by atoms with Crippen LogP contribution in [-0.2, 0) is 16.4 Å². The van der Waals surface area contributed by atoms with Gasteiger partial charge in [0.1, 0.15) is 13.2 Å². The molecule has 1 amide bonds. The summed E-state index contributed by atoms with van der Waals surface area (Å²) in [6.45, 7) is 0.810. The van der Waals surface area contributed by atoms with Crippen LogP contribution in [-0.4, -0.2) is 27.5 Å². The van der Waals surface area contributed by atoms with Crippen molar-refractivity contribution in [1.82, 2.24) is 5.32 Å². The molecule has 3 aromatic carbocycles. The van der Waals surface area contributed by atoms with E-state index in [1.807, 2.05) is 12.1 Å². The van der Waals surface area contributed by atoms with Crippen molar-refractivity contribution in [1.29, 1.82) is 0 Å². The van der Waals surface area contributed by atoms with Gasteiger partial charge >= 0.3 is 0 Å². The summed E-state index contributed by atoms with van der Waals surface area (Å²) in [7, 11) is -3.82. The fourth-order valence-corrected chi connectivity index (χ4v) is 5.31. The lowest BCUT2D eigenvalue weighted by atomic mass is 9.87. The topological polar surface area (TPSA) is 93.7 Å². The zero-order valence-electron chi connectivity index (χ0n) is 17.9. The predicted octanol–water partition coefficient (Wildman–Crippen LogP) is 4.07. The summed E-state index contributed by atoms with van der Waals surface area (Å²) in [5, 5.41) is 3.11. The van der Waals surface area contributed by atoms with Gasteiger partial charge in [0.15, 0.2) is 11.5 Å². The van der Waals surface area contributed by atoms with Crippen LogP contribution in [0.1, 0.15) is 40.4 Å². The number of ether oxygens (including phenoxy) is 2. The quantitative estimate of drug-likeness (QED) is 0.594. The normalized spacial score (nSPS) is 17.0. The molecule has 0 bridgehead atoms. The molecule has 33 heavy (non-hydrogen) atoms. The molecule has 2 aliphatic rings. The Bertz CT molecular complexity index is 1290. The van der Waals surface area contributed by atoms with Crippen molar-refractivity contribution in [2.75, 3.05) is 17.9 Å². The second-order valence-electron chi connectivity index (χ2n) is 8.11. The van der Waals surface area contributed by atoms with Gasteiger partial charge in [-0.05, 0) is 66.8 Å². The zero-order valence-corrected chi connectivity index (χ0v) is 18.7. The highest BCUT2D eigenvalue weighted by atomic mass is 32.2. The first-order valence-corrected chi connectivity index (χ1v) is 12.4. The Morgan fingerprint density at radius 3 is 2.48 bits per heavy atom. The van der Waals surface area contributed by atoms with Crippen LogP contribution in [0.3, 0.4) is 0 Å². The third-order valence-corrected chi connectivity index (χ3v) is 7.28. The van der Waals surface area contributed by atoms with Crippen molar-refractivity contribution >= 4 is 21.6 Å². The van der Waals surface area contributed by atoms with Gasteiger partial charge in [-0.1, -0.05) is 24.3 Å². The number of carbonyl (C=O) groups excluding carboxylic acids is 1. The number of rotatable bonds is 5. The van der Waals surface area contributed by atoms with Gasteiger partial charge in [-0.2, -0.15) is 0 Å². The maximum Gasteiger partial charge on any atom is 0.262 e. The molecule has 0 fully saturated rings. The summed E-state index contributed by atoms with van der Waals surface area (Å²) < 4.78 is 39.1. The van der Waals surface area contributed by atoms with Crippen molar-refractivity contribution in [3.05, 3.63) is 83.4 Å². The second-order valence-corrected chi connectivity index (χ2v) is 9.79. The lowest BCUT2D eigenvalue weighted by molar-refractivity contribution is 0.0932. The van der Waals surface area contributed by atoms with Crippen LogP contribution in [0.4, 0.5) is 5.69 Å². The van der Waals surface area contributed by atoms with E-state index >= 15 is 0 Å². The Hall–Kier alpha value is -3.52. The Morgan fingerprint density at radius 1 is 0.909 bits per heavy atom. The number of aryl methyl sites for hydroxylation is 1. The van der Waals surface area contributed by atoms with E-state index in [1.165, 1.54) is 23.3 Å². The third kappa shape index (κ3) is 4.52. The monoisotopic (exact) mass is 464 g/mol. The highest BCUT2D eigenvalue weighted by Gasteiger charge is 2.22. The minimum atomic E-state index is -3.82. The van der Waals surface area contributed by atoms with Gasteiger partial charge in [-0.25, -0.2) is 8.42 Å². The number of benzene rings is 3. The number of hydrogen-bond acceptors (Lipinski definition) is 5. The lowest BCUT2D eigenvalue weighted by Crippen LogP contribution is -2.30. The van der Waals surface area contributed by atoms with Crippen LogP contribution in [0.15, 0.2) is 71.6 Å². The van der Waals surface area contributed by atoms with Gasteiger partial charge in [-0.15, -0.1) is 0 Å². The fourth-order valence-electron chi connectivity index (χ4n) is 4.24. The predicted molar refractivity (Wildman–Crippen MR) is 124 cm³/mol. The summed E-state index contributed by atoms with van der Waals surface area (Å²) in [4.78, 5) is 12.9. The average molecular weight is 465 g/mol. The third-order valence-electron chi connectivity index (χ3n) is 5.90. The molecule has 170 valence electrons. The van der Waals surface area contributed by atoms with E-state index in [-0.39, 0.29) is 16.8 Å². The van der Waals surface area contributed by atoms with E-state index in [0.29, 0.717) is 36.0 Å². The van der Waals surface area contributed by atoms with Crippen LogP contribution in [0.25, 0.3) is 0 Å². The highest BCUT2D eigenvalue weighted by Crippen LogP contribution is 2.33. The molecule has 1 atom stereocenters. The molecule has 5 rings (SSSR count). The molecule has 3 aromatic rings. The minimum Gasteiger partial charge on any atom is -0.486 e. The Balaban J connectivity index is 1.27. The zero-order chi connectivity index (χ0) is 22.8. The van der Waals surface area contributed by atoms with E-state index < -0.39 is 10.0 Å². The molecule has 7 nitrogen and oxygen atoms in total. The number of anilines is 1. The van der Waals surface area contributed by atoms with Crippen LogP contribution >= 0.6 is 0 Å². The lowest BCUT2D eigenvalue weighted by Gasteiger charge is -2.26. The summed E-state index contributed by atoms with van der Waals surface area (Å²) in [5.74, 6) is 0.745. The number of hydrogen-bond donors (Lipinski definition) is 2. The van der Waals surface area contributed by atoms with Gasteiger partial charge in [0.25, 0.3) is 15.9 Å². The molecular formula is C25H24N2O5S. The number of amides is 1. The summed E-state index contributed by atoms with van der Waals surface area (Å²) in [6, 6.07) is 19.1. The van der Waals surface area contributed by atoms with Gasteiger partial charge in [0.05, 0.1) is 10.9 Å². The van der Waals surface area contributed by atoms with Crippen LogP contribution in [0.2, 0.25) is 0 Å².